The minimum atomic E-state index is -0.324. The Labute approximate surface area is 215 Å². The van der Waals surface area contributed by atoms with Crippen molar-refractivity contribution in [1.29, 1.82) is 0 Å². The van der Waals surface area contributed by atoms with Gasteiger partial charge in [-0.05, 0) is 43.9 Å². The van der Waals surface area contributed by atoms with Crippen LogP contribution in [-0.2, 0) is 22.5 Å². The lowest BCUT2D eigenvalue weighted by Gasteiger charge is -2.52. The van der Waals surface area contributed by atoms with E-state index in [2.05, 4.69) is 30.2 Å². The normalized spacial score (nSPS) is 22.5. The molecule has 0 radical (unpaired) electrons. The van der Waals surface area contributed by atoms with Crippen molar-refractivity contribution in [3.05, 3.63) is 42.0 Å². The summed E-state index contributed by atoms with van der Waals surface area (Å²) in [4.78, 5) is 32.4. The molecule has 2 saturated heterocycles. The number of methoxy groups -OCH3 is 1. The number of carbonyl (C=O) groups excluding carboxylic acids is 1. The molecule has 1 aliphatic carbocycles. The Bertz CT molecular complexity index is 1250. The Balaban J connectivity index is 0.00000267. The highest BCUT2D eigenvalue weighted by atomic mass is 35.5. The number of pyridine rings is 2. The van der Waals surface area contributed by atoms with Crippen LogP contribution in [0, 0.1) is 0 Å². The van der Waals surface area contributed by atoms with Crippen LogP contribution in [0.2, 0.25) is 0 Å². The Morgan fingerprint density at radius 1 is 1.17 bits per heavy atom. The first kappa shape index (κ1) is 24.6. The largest absolute Gasteiger partial charge is 0.481 e. The molecule has 0 spiro atoms. The predicted octanol–water partition coefficient (Wildman–Crippen LogP) is 2.94. The van der Waals surface area contributed by atoms with Gasteiger partial charge in [-0.3, -0.25) is 4.90 Å². The molecule has 3 fully saturated rings. The number of halogens is 1. The second-order valence-corrected chi connectivity index (χ2v) is 9.43. The first-order valence-electron chi connectivity index (χ1n) is 12.1. The SMILES string of the molecule is COc1ccc2ncnc(CCN(Cc3ccc4c(n3)OC(=O)CN4)C34CCC(CC3)OC4)c2n1.Cl. The van der Waals surface area contributed by atoms with Crippen LogP contribution in [0.4, 0.5) is 5.69 Å². The van der Waals surface area contributed by atoms with Gasteiger partial charge >= 0.3 is 5.97 Å². The third-order valence-corrected chi connectivity index (χ3v) is 7.39. The lowest BCUT2D eigenvalue weighted by Crippen LogP contribution is -2.59. The van der Waals surface area contributed by atoms with Crippen LogP contribution in [0.15, 0.2) is 30.6 Å². The summed E-state index contributed by atoms with van der Waals surface area (Å²) >= 11 is 0. The van der Waals surface area contributed by atoms with Crippen molar-refractivity contribution in [1.82, 2.24) is 24.8 Å². The number of hydrogen-bond donors (Lipinski definition) is 1. The number of hydrogen-bond acceptors (Lipinski definition) is 10. The molecule has 10 nitrogen and oxygen atoms in total. The molecule has 7 rings (SSSR count). The molecule has 0 amide bonds. The summed E-state index contributed by atoms with van der Waals surface area (Å²) in [5.41, 5.74) is 4.00. The van der Waals surface area contributed by atoms with E-state index in [-0.39, 0.29) is 30.5 Å². The van der Waals surface area contributed by atoms with Gasteiger partial charge in [-0.1, -0.05) is 0 Å². The fraction of sp³-hybridized carbons (Fsp3) is 0.480. The highest BCUT2D eigenvalue weighted by Crippen LogP contribution is 2.41. The second kappa shape index (κ2) is 10.1. The van der Waals surface area contributed by atoms with E-state index in [9.17, 15) is 4.79 Å². The highest BCUT2D eigenvalue weighted by Gasteiger charge is 2.45. The van der Waals surface area contributed by atoms with Gasteiger partial charge in [0.05, 0.1) is 42.4 Å². The molecule has 3 aromatic heterocycles. The summed E-state index contributed by atoms with van der Waals surface area (Å²) in [6.45, 7) is 2.26. The lowest BCUT2D eigenvalue weighted by molar-refractivity contribution is -0.138. The van der Waals surface area contributed by atoms with Gasteiger partial charge in [0.25, 0.3) is 0 Å². The first-order valence-corrected chi connectivity index (χ1v) is 12.1. The van der Waals surface area contributed by atoms with E-state index in [1.165, 1.54) is 0 Å². The van der Waals surface area contributed by atoms with E-state index in [0.29, 0.717) is 30.8 Å². The molecule has 36 heavy (non-hydrogen) atoms. The van der Waals surface area contributed by atoms with E-state index in [1.54, 1.807) is 13.4 Å². The molecular formula is C25H29ClN6O4. The van der Waals surface area contributed by atoms with Crippen molar-refractivity contribution < 1.29 is 19.0 Å². The highest BCUT2D eigenvalue weighted by molar-refractivity contribution is 5.85. The molecule has 190 valence electrons. The molecule has 1 saturated carbocycles. The first-order chi connectivity index (χ1) is 17.1. The van der Waals surface area contributed by atoms with E-state index in [0.717, 1.165) is 66.9 Å². The van der Waals surface area contributed by atoms with Crippen molar-refractivity contribution in [3.63, 3.8) is 0 Å². The van der Waals surface area contributed by atoms with E-state index in [1.807, 2.05) is 24.3 Å². The number of nitrogens with one attached hydrogen (secondary N) is 1. The number of ether oxygens (including phenoxy) is 3. The Morgan fingerprint density at radius 2 is 2.03 bits per heavy atom. The number of anilines is 1. The number of nitrogens with zero attached hydrogens (tertiary/aromatic N) is 5. The van der Waals surface area contributed by atoms with Crippen molar-refractivity contribution in [2.45, 2.75) is 50.3 Å². The van der Waals surface area contributed by atoms with Gasteiger partial charge in [-0.2, -0.15) is 0 Å². The third kappa shape index (κ3) is 4.68. The van der Waals surface area contributed by atoms with Gasteiger partial charge in [0.2, 0.25) is 11.8 Å². The van der Waals surface area contributed by atoms with Crippen LogP contribution in [-0.4, -0.2) is 69.3 Å². The molecule has 11 heteroatoms. The predicted molar refractivity (Wildman–Crippen MR) is 135 cm³/mol. The van der Waals surface area contributed by atoms with Crippen LogP contribution in [0.1, 0.15) is 37.1 Å². The van der Waals surface area contributed by atoms with Crippen molar-refractivity contribution in [2.75, 3.05) is 32.1 Å². The molecule has 0 atom stereocenters. The van der Waals surface area contributed by atoms with E-state index < -0.39 is 0 Å². The zero-order chi connectivity index (χ0) is 23.8. The van der Waals surface area contributed by atoms with Crippen molar-refractivity contribution >= 4 is 35.1 Å². The number of rotatable bonds is 7. The molecule has 1 N–H and O–H groups in total. The maximum Gasteiger partial charge on any atom is 0.332 e. The number of carbonyl (C=O) groups is 1. The van der Waals surface area contributed by atoms with Gasteiger partial charge in [-0.25, -0.2) is 24.7 Å². The molecule has 3 aliphatic heterocycles. The van der Waals surface area contributed by atoms with Crippen LogP contribution in [0.5, 0.6) is 11.8 Å². The summed E-state index contributed by atoms with van der Waals surface area (Å²) < 4.78 is 16.9. The molecule has 0 aromatic carbocycles. The third-order valence-electron chi connectivity index (χ3n) is 7.39. The van der Waals surface area contributed by atoms with Crippen LogP contribution < -0.4 is 14.8 Å². The zero-order valence-electron chi connectivity index (χ0n) is 20.1. The second-order valence-electron chi connectivity index (χ2n) is 9.43. The molecule has 6 heterocycles. The molecule has 2 bridgehead atoms. The minimum Gasteiger partial charge on any atom is -0.481 e. The van der Waals surface area contributed by atoms with Gasteiger partial charge in [-0.15, -0.1) is 12.4 Å². The summed E-state index contributed by atoms with van der Waals surface area (Å²) in [6.07, 6.45) is 7.01. The smallest absolute Gasteiger partial charge is 0.332 e. The molecule has 3 aromatic rings. The molecule has 0 unspecified atom stereocenters. The Morgan fingerprint density at radius 3 is 2.81 bits per heavy atom. The topological polar surface area (TPSA) is 112 Å². The van der Waals surface area contributed by atoms with Gasteiger partial charge in [0.1, 0.15) is 18.4 Å². The van der Waals surface area contributed by atoms with Crippen molar-refractivity contribution in [2.24, 2.45) is 0 Å². The van der Waals surface area contributed by atoms with Crippen molar-refractivity contribution in [3.8, 4) is 11.8 Å². The monoisotopic (exact) mass is 512 g/mol. The number of fused-ring (bicyclic) bond motifs is 5. The van der Waals surface area contributed by atoms with Crippen LogP contribution in [0.25, 0.3) is 11.0 Å². The van der Waals surface area contributed by atoms with Gasteiger partial charge in [0, 0.05) is 31.1 Å². The zero-order valence-corrected chi connectivity index (χ0v) is 20.9. The average molecular weight is 513 g/mol. The summed E-state index contributed by atoms with van der Waals surface area (Å²) in [5.74, 6) is 0.567. The Kier molecular flexibility index (Phi) is 6.92. The summed E-state index contributed by atoms with van der Waals surface area (Å²) in [7, 11) is 1.61. The lowest BCUT2D eigenvalue weighted by atomic mass is 9.76. The Hall–Kier alpha value is -3.08. The van der Waals surface area contributed by atoms with Gasteiger partial charge < -0.3 is 19.5 Å². The number of aromatic nitrogens is 4. The van der Waals surface area contributed by atoms with E-state index in [4.69, 9.17) is 14.2 Å². The van der Waals surface area contributed by atoms with Gasteiger partial charge in [0.15, 0.2) is 0 Å². The summed E-state index contributed by atoms with van der Waals surface area (Å²) in [5, 5.41) is 3.05. The standard InChI is InChI=1S/C25H28N6O4.ClH/c1-33-21-5-4-18-23(30-21)19(28-15-27-18)8-11-31(25-9-6-17(7-10-25)34-14-25)13-16-2-3-20-24(29-16)35-22(32)12-26-20;/h2-5,15,17,26H,6-14H2,1H3;1H. The number of esters is 1. The van der Waals surface area contributed by atoms with Crippen LogP contribution in [0.3, 0.4) is 0 Å². The maximum absolute atomic E-state index is 11.7. The maximum atomic E-state index is 11.7. The molecule has 4 aliphatic rings. The fourth-order valence-corrected chi connectivity index (χ4v) is 5.40. The quantitative estimate of drug-likeness (QED) is 0.474. The van der Waals surface area contributed by atoms with Crippen LogP contribution >= 0.6 is 12.4 Å². The fourth-order valence-electron chi connectivity index (χ4n) is 5.40. The average Bonchev–Trinajstić information content (AvgIpc) is 2.91. The minimum absolute atomic E-state index is 0. The molecular weight excluding hydrogens is 484 g/mol. The van der Waals surface area contributed by atoms with E-state index >= 15 is 0 Å². The summed E-state index contributed by atoms with van der Waals surface area (Å²) in [6, 6.07) is 7.65.